The Kier molecular flexibility index (Phi) is 0. The third-order valence-corrected chi connectivity index (χ3v) is 0. The molecule has 0 aliphatic rings. The first kappa shape index (κ1) is 0. The van der Waals surface area contributed by atoms with Gasteiger partial charge in [-0.25, -0.2) is 0 Å². The molecule has 0 spiro atoms. The summed E-state index contributed by atoms with van der Waals surface area (Å²) >= 11 is 0. The van der Waals surface area contributed by atoms with Crippen LogP contribution in [0.2, 0.25) is 0 Å². The Bertz CT molecular complexity index is 0. The van der Waals surface area contributed by atoms with E-state index in [-0.39, 0.29) is 0 Å². The van der Waals surface area contributed by atoms with Crippen molar-refractivity contribution < 1.29 is 0 Å². The van der Waals surface area contributed by atoms with Crippen LogP contribution >= 0.6 is 0 Å². The number of rotatable bonds is 0. The molecule has 0 nitrogen and oxygen atoms in total. The van der Waals surface area contributed by atoms with E-state index in [1.165, 1.54) is 0 Å². The van der Waals surface area contributed by atoms with Gasteiger partial charge in [-0.2, -0.15) is 0 Å². The van der Waals surface area contributed by atoms with Crippen LogP contribution in [-0.2, 0) is 0 Å². The zero-order valence-corrected chi connectivity index (χ0v) is 249. The summed E-state index contributed by atoms with van der Waals surface area (Å²) < 4.78 is 0. The van der Waals surface area contributed by atoms with Crippen LogP contribution in [0, 0.1) is 0 Å². The Morgan fingerprint density at radius 1 is 0.0286 bits per heavy atom. The zero-order valence-electron chi connectivity index (χ0n) is 24.7. The van der Waals surface area contributed by atoms with Gasteiger partial charge in [-0.3, -0.25) is 0 Å². The van der Waals surface area contributed by atoms with E-state index in [4.69, 9.17) is 0 Å². The quantitative estimate of drug-likeness (QED) is 0.321. The molecule has 35 heavy (non-hydrogen) atoms. The van der Waals surface area contributed by atoms with Gasteiger partial charge in [0.25, 0.3) is 0 Å². The predicted octanol–water partition coefficient (Wildman–Crippen LogP) is 0. The zero-order chi connectivity index (χ0) is 0. The van der Waals surface area contributed by atoms with Crippen molar-refractivity contribution >= 4 is 0 Å². The molecule has 0 rings (SSSR count). The molecule has 0 aromatic carbocycles. The summed E-state index contributed by atoms with van der Waals surface area (Å²) in [6, 6.07) is 0. The summed E-state index contributed by atoms with van der Waals surface area (Å²) in [7, 11) is 0. The van der Waals surface area contributed by atoms with E-state index in [1.807, 2.05) is 0 Å². The van der Waals surface area contributed by atoms with Gasteiger partial charge in [-0.15, -0.1) is 0 Å². The molecule has 0 fully saturated rings. The van der Waals surface area contributed by atoms with Gasteiger partial charge in [0.1, 0.15) is 0 Å². The van der Waals surface area contributed by atoms with Crippen molar-refractivity contribution in [1.29, 1.82) is 0 Å². The van der Waals surface area contributed by atoms with Crippen LogP contribution in [0.25, 0.3) is 0 Å². The minimum absolute atomic E-state index is 0. The molecular weight excluding hydrogens is 9340 g/mol. The first-order valence-corrected chi connectivity index (χ1v) is 0. The van der Waals surface area contributed by atoms with E-state index in [0.717, 1.165) is 0 Å². The smallest absolute Gasteiger partial charge is 0 e. The molecule has 0 bridgehead atoms. The van der Waals surface area contributed by atoms with Gasteiger partial charge in [0, 0.05) is 0 Å². The maximum absolute atomic E-state index is 0. The third-order valence-electron chi connectivity index (χ3n) is 0. The van der Waals surface area contributed by atoms with Crippen molar-refractivity contribution in [2.24, 2.45) is 0 Å². The SMILES string of the molecule is [Rf].[Rf].[Rf].[Rf].[Rf].[Rf].[Rf].[Rf].[Rf].[Rf].[Rf].[Rf].[Rf].[Rf].[Rf].[Rf].[Rf].[Rf].[Rf].[Rf].[Rf].[Rf].[Rf].[Rf].[Rf].[Rf].[Rf].[Rf].[Rf].[Rf].[Rf].[Rf].[Rf].[Rf].[Rf]. The molecule has 0 aromatic rings. The summed E-state index contributed by atoms with van der Waals surface area (Å²) in [6.45, 7) is 0. The van der Waals surface area contributed by atoms with Crippen molar-refractivity contribution in [2.45, 2.75) is 0 Å². The summed E-state index contributed by atoms with van der Waals surface area (Å²) in [5.74, 6) is 0. The molecular formula is Rf35. The van der Waals surface area contributed by atoms with Crippen LogP contribution in [0.15, 0.2) is 0 Å². The Morgan fingerprint density at radius 2 is 0.0286 bits per heavy atom. The second kappa shape index (κ2) is -0.00327. The molecule has 0 atom stereocenters. The maximum Gasteiger partial charge on any atom is 0 e. The summed E-state index contributed by atoms with van der Waals surface area (Å²) in [5.41, 5.74) is 0. The second-order valence-corrected chi connectivity index (χ2v) is 0. The largest absolute Gasteiger partial charge is 0 e. The fraction of sp³-hybridized carbons (Fsp3) is 0. The molecule has 0 aliphatic carbocycles. The average molecular weight is 9340 g/mol. The fourth-order valence-electron chi connectivity index (χ4n) is 0. The van der Waals surface area contributed by atoms with Crippen molar-refractivity contribution in [2.75, 3.05) is 0 Å². The molecule has 0 saturated carbocycles. The van der Waals surface area contributed by atoms with Crippen LogP contribution in [0.1, 0.15) is 0 Å². The van der Waals surface area contributed by atoms with Gasteiger partial charge in [0.2, 0.25) is 0 Å². The van der Waals surface area contributed by atoms with Crippen LogP contribution in [-0.4, -0.2) is 0 Å². The molecule has 70 valence electrons. The Labute approximate surface area is 0 Å². The molecule has 0 heterocycles. The summed E-state index contributed by atoms with van der Waals surface area (Å²) in [4.78, 5) is 0. The number of hydrogen-bond donors (Lipinski definition) is 0. The first-order chi connectivity index (χ1) is 0. The molecule has 0 aromatic heterocycles. The van der Waals surface area contributed by atoms with Gasteiger partial charge >= 0.3 is 0 Å². The van der Waals surface area contributed by atoms with E-state index in [1.54, 1.807) is 0 Å². The fourth-order valence-corrected chi connectivity index (χ4v) is 0. The van der Waals surface area contributed by atoms with E-state index >= 15 is 0 Å². The van der Waals surface area contributed by atoms with E-state index in [0.29, 0.717) is 0 Å². The molecule has 0 saturated heterocycles. The van der Waals surface area contributed by atoms with Crippen LogP contribution in [0.5, 0.6) is 0 Å². The predicted molar refractivity (Wildman–Crippen MR) is 0 cm³/mol. The molecule has 35 heteroatoms. The van der Waals surface area contributed by atoms with Gasteiger partial charge < -0.3 is 0 Å². The molecule has 0 unspecified atom stereocenters. The average Bonchev–Trinajstić information content (AvgIpc) is 0. The van der Waals surface area contributed by atoms with Crippen LogP contribution < -0.4 is 0 Å². The van der Waals surface area contributed by atoms with Crippen molar-refractivity contribution in [3.8, 4) is 0 Å². The molecule has 0 radical (unpaired) electrons. The van der Waals surface area contributed by atoms with Crippen molar-refractivity contribution in [1.82, 2.24) is 0 Å². The topological polar surface area (TPSA) is 0 Å². The van der Waals surface area contributed by atoms with Crippen molar-refractivity contribution in [3.05, 3.63) is 0 Å². The molecule has 0 N–H and O–H groups in total. The van der Waals surface area contributed by atoms with Crippen LogP contribution in [0.4, 0.5) is 0 Å². The van der Waals surface area contributed by atoms with Gasteiger partial charge in [0.15, 0.2) is 0 Å². The van der Waals surface area contributed by atoms with Gasteiger partial charge in [-0.1, -0.05) is 0 Å². The molecule has 0 amide bonds. The van der Waals surface area contributed by atoms with Crippen molar-refractivity contribution in [3.63, 3.8) is 0 Å². The van der Waals surface area contributed by atoms with E-state index in [9.17, 15) is 0 Å². The monoisotopic (exact) mass is 9350 g/mol. The van der Waals surface area contributed by atoms with E-state index in [2.05, 4.69) is 0 Å². The molecule has 0 aliphatic heterocycles. The summed E-state index contributed by atoms with van der Waals surface area (Å²) in [6.07, 6.45) is 0. The standard InChI is InChI=1S/35Rf. The first-order valence-electron chi connectivity index (χ1n) is 0. The summed E-state index contributed by atoms with van der Waals surface area (Å²) in [5, 5.41) is 0. The Hall–Kier alpha value is -35.0. The third kappa shape index (κ3) is -0.00735. The maximum atomic E-state index is 0. The van der Waals surface area contributed by atoms with Crippen LogP contribution in [0.3, 0.4) is 0 Å². The number of hydrogen-bond acceptors (Lipinski definition) is 0. The normalized spacial score (nSPS) is 0. The van der Waals surface area contributed by atoms with Gasteiger partial charge in [-0.05, 0) is 0 Å². The van der Waals surface area contributed by atoms with Gasteiger partial charge in [0.05, 0.1) is 0 Å². The minimum atomic E-state index is 0. The second-order valence-electron chi connectivity index (χ2n) is 0. The Morgan fingerprint density at radius 3 is 0.0286 bits per heavy atom. The van der Waals surface area contributed by atoms with E-state index < -0.39 is 0 Å². The Balaban J connectivity index is 0. The minimum Gasteiger partial charge on any atom is 0 e.